The number of carbonyl (C=O) groups is 2. The van der Waals surface area contributed by atoms with Crippen molar-refractivity contribution in [3.8, 4) is 17.2 Å². The molecule has 0 atom stereocenters. The van der Waals surface area contributed by atoms with E-state index in [2.05, 4.69) is 5.32 Å². The Balaban J connectivity index is 1.46. The minimum atomic E-state index is -0.174. The monoisotopic (exact) mass is 432 g/mol. The first kappa shape index (κ1) is 21.8. The molecular formula is C22H25ClN2O5. The molecule has 0 radical (unpaired) electrons. The maximum Gasteiger partial charge on any atom is 0.260 e. The predicted molar refractivity (Wildman–Crippen MR) is 114 cm³/mol. The minimum Gasteiger partial charge on any atom is -0.493 e. The van der Waals surface area contributed by atoms with E-state index in [1.165, 1.54) is 7.11 Å². The van der Waals surface area contributed by atoms with Gasteiger partial charge in [0.1, 0.15) is 5.75 Å². The summed E-state index contributed by atoms with van der Waals surface area (Å²) in [6.07, 6.45) is 1.37. The summed E-state index contributed by atoms with van der Waals surface area (Å²) in [4.78, 5) is 26.7. The number of methoxy groups -OCH3 is 2. The SMILES string of the molecule is COc1ccc(C(=O)NC2CCN(C(=O)COc3ccc(Cl)cc3)CC2)cc1OC. The van der Waals surface area contributed by atoms with E-state index in [0.717, 1.165) is 0 Å². The van der Waals surface area contributed by atoms with E-state index < -0.39 is 0 Å². The van der Waals surface area contributed by atoms with Crippen molar-refractivity contribution >= 4 is 23.4 Å². The van der Waals surface area contributed by atoms with Crippen molar-refractivity contribution in [2.24, 2.45) is 0 Å². The topological polar surface area (TPSA) is 77.1 Å². The van der Waals surface area contributed by atoms with Crippen LogP contribution in [0.1, 0.15) is 23.2 Å². The molecule has 0 aliphatic carbocycles. The van der Waals surface area contributed by atoms with Gasteiger partial charge in [0.25, 0.3) is 11.8 Å². The summed E-state index contributed by atoms with van der Waals surface area (Å²) in [5.74, 6) is 1.43. The molecule has 8 heteroatoms. The van der Waals surface area contributed by atoms with Crippen molar-refractivity contribution in [3.63, 3.8) is 0 Å². The van der Waals surface area contributed by atoms with Gasteiger partial charge in [-0.15, -0.1) is 0 Å². The number of hydrogen-bond acceptors (Lipinski definition) is 5. The predicted octanol–water partition coefficient (Wildman–Crippen LogP) is 3.16. The van der Waals surface area contributed by atoms with Gasteiger partial charge >= 0.3 is 0 Å². The van der Waals surface area contributed by atoms with E-state index in [4.69, 9.17) is 25.8 Å². The second-order valence-corrected chi connectivity index (χ2v) is 7.38. The third-order valence-electron chi connectivity index (χ3n) is 5.00. The number of benzene rings is 2. The average molecular weight is 433 g/mol. The third-order valence-corrected chi connectivity index (χ3v) is 5.26. The molecule has 30 heavy (non-hydrogen) atoms. The number of halogens is 1. The molecule has 1 aliphatic rings. The van der Waals surface area contributed by atoms with Crippen molar-refractivity contribution < 1.29 is 23.8 Å². The summed E-state index contributed by atoms with van der Waals surface area (Å²) in [6, 6.07) is 11.9. The maximum absolute atomic E-state index is 12.6. The number of carbonyl (C=O) groups excluding carboxylic acids is 2. The van der Waals surface area contributed by atoms with Gasteiger partial charge in [0, 0.05) is 29.7 Å². The first-order chi connectivity index (χ1) is 14.5. The van der Waals surface area contributed by atoms with Crippen LogP contribution >= 0.6 is 11.6 Å². The number of nitrogens with one attached hydrogen (secondary N) is 1. The highest BCUT2D eigenvalue weighted by Crippen LogP contribution is 2.27. The van der Waals surface area contributed by atoms with Crippen LogP contribution in [0.25, 0.3) is 0 Å². The molecule has 0 unspecified atom stereocenters. The molecule has 1 fully saturated rings. The lowest BCUT2D eigenvalue weighted by Gasteiger charge is -2.32. The number of hydrogen-bond donors (Lipinski definition) is 1. The Morgan fingerprint density at radius 2 is 1.70 bits per heavy atom. The van der Waals surface area contributed by atoms with Crippen molar-refractivity contribution in [3.05, 3.63) is 53.1 Å². The lowest BCUT2D eigenvalue weighted by atomic mass is 10.0. The van der Waals surface area contributed by atoms with Crippen LogP contribution < -0.4 is 19.5 Å². The van der Waals surface area contributed by atoms with Crippen LogP contribution in [0.15, 0.2) is 42.5 Å². The summed E-state index contributed by atoms with van der Waals surface area (Å²) in [7, 11) is 3.08. The van der Waals surface area contributed by atoms with Crippen molar-refractivity contribution in [2.75, 3.05) is 33.9 Å². The first-order valence-electron chi connectivity index (χ1n) is 9.69. The molecule has 0 bridgehead atoms. The molecule has 7 nitrogen and oxygen atoms in total. The standard InChI is InChI=1S/C22H25ClN2O5/c1-28-19-8-3-15(13-20(19)29-2)22(27)24-17-9-11-25(12-10-17)21(26)14-30-18-6-4-16(23)5-7-18/h3-8,13,17H,9-12,14H2,1-2H3,(H,24,27). The second kappa shape index (κ2) is 10.2. The van der Waals surface area contributed by atoms with Crippen molar-refractivity contribution in [1.82, 2.24) is 10.2 Å². The minimum absolute atomic E-state index is 0.00632. The highest BCUT2D eigenvalue weighted by Gasteiger charge is 2.24. The first-order valence-corrected chi connectivity index (χ1v) is 10.1. The summed E-state index contributed by atoms with van der Waals surface area (Å²) in [5, 5.41) is 3.65. The largest absolute Gasteiger partial charge is 0.493 e. The molecular weight excluding hydrogens is 408 g/mol. The molecule has 1 saturated heterocycles. The number of amides is 2. The van der Waals surface area contributed by atoms with Gasteiger partial charge in [-0.05, 0) is 55.3 Å². The van der Waals surface area contributed by atoms with Crippen molar-refractivity contribution in [2.45, 2.75) is 18.9 Å². The number of likely N-dealkylation sites (tertiary alicyclic amines) is 1. The summed E-state index contributed by atoms with van der Waals surface area (Å²) < 4.78 is 16.0. The smallest absolute Gasteiger partial charge is 0.260 e. The van der Waals surface area contributed by atoms with Gasteiger partial charge in [0.15, 0.2) is 18.1 Å². The molecule has 3 rings (SSSR count). The van der Waals surface area contributed by atoms with Gasteiger partial charge in [-0.2, -0.15) is 0 Å². The summed E-state index contributed by atoms with van der Waals surface area (Å²) in [6.45, 7) is 1.11. The Kier molecular flexibility index (Phi) is 7.41. The van der Waals surface area contributed by atoms with Gasteiger partial charge in [-0.25, -0.2) is 0 Å². The van der Waals surface area contributed by atoms with E-state index >= 15 is 0 Å². The Hall–Kier alpha value is -2.93. The Morgan fingerprint density at radius 1 is 1.03 bits per heavy atom. The van der Waals surface area contributed by atoms with Crippen molar-refractivity contribution in [1.29, 1.82) is 0 Å². The van der Waals surface area contributed by atoms with Crippen LogP contribution in [0.3, 0.4) is 0 Å². The number of piperidine rings is 1. The fourth-order valence-corrected chi connectivity index (χ4v) is 3.41. The van der Waals surface area contributed by atoms with Crippen LogP contribution in [0.2, 0.25) is 5.02 Å². The average Bonchev–Trinajstić information content (AvgIpc) is 2.78. The van der Waals surface area contributed by atoms with E-state index in [-0.39, 0.29) is 24.5 Å². The molecule has 160 valence electrons. The molecule has 2 aromatic rings. The molecule has 0 spiro atoms. The van der Waals surface area contributed by atoms with Gasteiger partial charge < -0.3 is 24.4 Å². The zero-order chi connectivity index (χ0) is 21.5. The highest BCUT2D eigenvalue weighted by molar-refractivity contribution is 6.30. The molecule has 0 saturated carbocycles. The van der Waals surface area contributed by atoms with Crippen LogP contribution in [0, 0.1) is 0 Å². The van der Waals surface area contributed by atoms with Gasteiger partial charge in [-0.1, -0.05) is 11.6 Å². The zero-order valence-corrected chi connectivity index (χ0v) is 17.8. The number of ether oxygens (including phenoxy) is 3. The van der Waals surface area contributed by atoms with Gasteiger partial charge in [0.2, 0.25) is 0 Å². The lowest BCUT2D eigenvalue weighted by Crippen LogP contribution is -2.47. The molecule has 0 aromatic heterocycles. The quantitative estimate of drug-likeness (QED) is 0.727. The lowest BCUT2D eigenvalue weighted by molar-refractivity contribution is -0.134. The molecule has 2 amide bonds. The molecule has 1 N–H and O–H groups in total. The number of rotatable bonds is 7. The Labute approximate surface area is 180 Å². The van der Waals surface area contributed by atoms with E-state index in [9.17, 15) is 9.59 Å². The summed E-state index contributed by atoms with van der Waals surface area (Å²) >= 11 is 5.84. The fourth-order valence-electron chi connectivity index (χ4n) is 3.29. The fraction of sp³-hybridized carbons (Fsp3) is 0.364. The zero-order valence-electron chi connectivity index (χ0n) is 17.0. The summed E-state index contributed by atoms with van der Waals surface area (Å²) in [5.41, 5.74) is 0.502. The second-order valence-electron chi connectivity index (χ2n) is 6.94. The van der Waals surface area contributed by atoms with Gasteiger partial charge in [0.05, 0.1) is 14.2 Å². The van der Waals surface area contributed by atoms with Crippen LogP contribution in [0.5, 0.6) is 17.2 Å². The van der Waals surface area contributed by atoms with E-state index in [0.29, 0.717) is 53.8 Å². The van der Waals surface area contributed by atoms with E-state index in [1.54, 1.807) is 54.5 Å². The molecule has 1 aliphatic heterocycles. The molecule has 1 heterocycles. The Bertz CT molecular complexity index is 880. The third kappa shape index (κ3) is 5.57. The normalized spacial score (nSPS) is 14.2. The van der Waals surface area contributed by atoms with Crippen LogP contribution in [-0.4, -0.2) is 56.7 Å². The number of nitrogens with zero attached hydrogens (tertiary/aromatic N) is 1. The maximum atomic E-state index is 12.6. The Morgan fingerprint density at radius 3 is 2.33 bits per heavy atom. The van der Waals surface area contributed by atoms with Crippen LogP contribution in [-0.2, 0) is 4.79 Å². The van der Waals surface area contributed by atoms with Gasteiger partial charge in [-0.3, -0.25) is 9.59 Å². The molecule has 2 aromatic carbocycles. The highest BCUT2D eigenvalue weighted by atomic mass is 35.5. The van der Waals surface area contributed by atoms with E-state index in [1.807, 2.05) is 0 Å². The van der Waals surface area contributed by atoms with Crippen LogP contribution in [0.4, 0.5) is 0 Å².